The number of carbonyl (C=O) groups is 2. The fourth-order valence-electron chi connectivity index (χ4n) is 5.57. The molecular weight excluding hydrogens is 440 g/mol. The highest BCUT2D eigenvalue weighted by molar-refractivity contribution is 7.92. The minimum atomic E-state index is -2.97. The average molecular weight is 485 g/mol. The molecule has 33 heavy (non-hydrogen) atoms. The lowest BCUT2D eigenvalue weighted by molar-refractivity contribution is -0.142. The lowest BCUT2D eigenvalue weighted by Gasteiger charge is -2.39. The first-order valence-electron chi connectivity index (χ1n) is 12.9. The predicted octanol–water partition coefficient (Wildman–Crippen LogP) is 3.05. The second-order valence-electron chi connectivity index (χ2n) is 11.6. The number of aliphatic hydroxyl groups is 1. The third-order valence-corrected chi connectivity index (χ3v) is 10.2. The van der Waals surface area contributed by atoms with Gasteiger partial charge in [-0.1, -0.05) is 0 Å². The van der Waals surface area contributed by atoms with E-state index in [1.165, 1.54) is 0 Å². The van der Waals surface area contributed by atoms with Crippen molar-refractivity contribution in [2.24, 2.45) is 17.8 Å². The first kappa shape index (κ1) is 26.5. The summed E-state index contributed by atoms with van der Waals surface area (Å²) in [6.07, 6.45) is 8.71. The smallest absolute Gasteiger partial charge is 0.226 e. The second kappa shape index (κ2) is 11.1. The summed E-state index contributed by atoms with van der Waals surface area (Å²) in [7, 11) is -2.97. The highest BCUT2D eigenvalue weighted by Crippen LogP contribution is 2.36. The normalized spacial score (nSPS) is 28.8. The second-order valence-corrected chi connectivity index (χ2v) is 13.9. The van der Waals surface area contributed by atoms with Crippen molar-refractivity contribution < 1.29 is 23.1 Å². The number of sulfone groups is 1. The van der Waals surface area contributed by atoms with Gasteiger partial charge in [-0.3, -0.25) is 9.59 Å². The molecule has 3 fully saturated rings. The largest absolute Gasteiger partial charge is 0.395 e. The van der Waals surface area contributed by atoms with Gasteiger partial charge in [0.1, 0.15) is 0 Å². The van der Waals surface area contributed by atoms with Gasteiger partial charge in [-0.2, -0.15) is 0 Å². The van der Waals surface area contributed by atoms with Gasteiger partial charge in [-0.25, -0.2) is 8.42 Å². The van der Waals surface area contributed by atoms with E-state index in [-0.39, 0.29) is 47.1 Å². The molecule has 0 aromatic rings. The molecule has 0 aromatic carbocycles. The summed E-state index contributed by atoms with van der Waals surface area (Å²) >= 11 is 0. The van der Waals surface area contributed by atoms with Gasteiger partial charge < -0.3 is 15.3 Å². The van der Waals surface area contributed by atoms with Crippen molar-refractivity contribution in [1.82, 2.24) is 10.2 Å². The van der Waals surface area contributed by atoms with E-state index in [2.05, 4.69) is 5.32 Å². The van der Waals surface area contributed by atoms with Crippen LogP contribution in [0.4, 0.5) is 0 Å². The number of rotatable bonds is 9. The van der Waals surface area contributed by atoms with Crippen molar-refractivity contribution in [3.63, 3.8) is 0 Å². The zero-order chi connectivity index (χ0) is 24.2. The van der Waals surface area contributed by atoms with E-state index in [0.29, 0.717) is 37.5 Å². The molecule has 3 aliphatic carbocycles. The molecule has 0 unspecified atom stereocenters. The molecule has 7 nitrogen and oxygen atoms in total. The van der Waals surface area contributed by atoms with E-state index in [1.807, 2.05) is 20.8 Å². The van der Waals surface area contributed by atoms with Crippen LogP contribution in [0.2, 0.25) is 0 Å². The highest BCUT2D eigenvalue weighted by Gasteiger charge is 2.37. The summed E-state index contributed by atoms with van der Waals surface area (Å²) in [6, 6.07) is 0.109. The Bertz CT molecular complexity index is 771. The maximum absolute atomic E-state index is 13.0. The van der Waals surface area contributed by atoms with E-state index in [1.54, 1.807) is 4.90 Å². The number of β-amino-alcohol motifs (C(OH)–C–C–N with tert-alkyl or cyclic N) is 1. The Morgan fingerprint density at radius 1 is 0.909 bits per heavy atom. The summed E-state index contributed by atoms with van der Waals surface area (Å²) in [6.45, 7) is 6.28. The lowest BCUT2D eigenvalue weighted by Crippen LogP contribution is -2.50. The molecule has 0 aromatic heterocycles. The Morgan fingerprint density at radius 2 is 1.48 bits per heavy atom. The lowest BCUT2D eigenvalue weighted by atomic mass is 9.83. The number of carbonyl (C=O) groups excluding carboxylic acids is 2. The maximum atomic E-state index is 13.0. The molecule has 190 valence electrons. The van der Waals surface area contributed by atoms with Gasteiger partial charge in [-0.15, -0.1) is 0 Å². The summed E-state index contributed by atoms with van der Waals surface area (Å²) in [5.74, 6) is 1.16. The molecule has 0 spiro atoms. The Kier molecular flexibility index (Phi) is 8.87. The monoisotopic (exact) mass is 484 g/mol. The van der Waals surface area contributed by atoms with Gasteiger partial charge in [0, 0.05) is 30.5 Å². The van der Waals surface area contributed by atoms with Crippen molar-refractivity contribution >= 4 is 21.7 Å². The van der Waals surface area contributed by atoms with Crippen LogP contribution in [0.3, 0.4) is 0 Å². The molecule has 0 heterocycles. The zero-order valence-corrected chi connectivity index (χ0v) is 21.5. The topological polar surface area (TPSA) is 104 Å². The molecule has 0 saturated heterocycles. The molecule has 8 heteroatoms. The van der Waals surface area contributed by atoms with E-state index in [4.69, 9.17) is 0 Å². The van der Waals surface area contributed by atoms with Gasteiger partial charge >= 0.3 is 0 Å². The van der Waals surface area contributed by atoms with Crippen LogP contribution in [0.15, 0.2) is 0 Å². The van der Waals surface area contributed by atoms with Crippen molar-refractivity contribution in [2.75, 3.05) is 18.9 Å². The van der Waals surface area contributed by atoms with Gasteiger partial charge in [0.15, 0.2) is 9.84 Å². The first-order valence-corrected chi connectivity index (χ1v) is 14.6. The van der Waals surface area contributed by atoms with Crippen LogP contribution in [0.25, 0.3) is 0 Å². The standard InChI is InChI=1S/C25H44N2O5S/c1-25(2,3)27(14-15-28)24(30)20-8-10-21(11-9-20)26-23(29)16-18-6-12-22(13-7-18)33(31,32)17-19-4-5-19/h18-22,28H,4-17H2,1-3H3,(H,26,29). The number of aliphatic hydroxyl groups excluding tert-OH is 1. The van der Waals surface area contributed by atoms with Crippen LogP contribution < -0.4 is 5.32 Å². The van der Waals surface area contributed by atoms with Crippen molar-refractivity contribution in [3.8, 4) is 0 Å². The van der Waals surface area contributed by atoms with Crippen LogP contribution >= 0.6 is 0 Å². The molecule has 0 radical (unpaired) electrons. The minimum absolute atomic E-state index is 0.0389. The van der Waals surface area contributed by atoms with Crippen LogP contribution in [0.1, 0.15) is 91.4 Å². The van der Waals surface area contributed by atoms with Crippen LogP contribution in [-0.4, -0.2) is 66.0 Å². The molecule has 0 atom stereocenters. The molecule has 2 amide bonds. The third kappa shape index (κ3) is 7.67. The third-order valence-electron chi connectivity index (χ3n) is 7.78. The van der Waals surface area contributed by atoms with E-state index < -0.39 is 9.84 Å². The summed E-state index contributed by atoms with van der Waals surface area (Å²) in [5, 5.41) is 12.3. The minimum Gasteiger partial charge on any atom is -0.395 e. The number of hydrogen-bond donors (Lipinski definition) is 2. The Hall–Kier alpha value is -1.15. The van der Waals surface area contributed by atoms with Crippen molar-refractivity contribution in [3.05, 3.63) is 0 Å². The summed E-state index contributed by atoms with van der Waals surface area (Å²) in [4.78, 5) is 27.4. The van der Waals surface area contributed by atoms with Crippen LogP contribution in [-0.2, 0) is 19.4 Å². The Morgan fingerprint density at radius 3 is 2.00 bits per heavy atom. The summed E-state index contributed by atoms with van der Waals surface area (Å²) < 4.78 is 25.0. The molecule has 3 aliphatic rings. The number of hydrogen-bond acceptors (Lipinski definition) is 5. The first-order chi connectivity index (χ1) is 15.5. The molecule has 0 aliphatic heterocycles. The number of nitrogens with zero attached hydrogens (tertiary/aromatic N) is 1. The summed E-state index contributed by atoms with van der Waals surface area (Å²) in [5.41, 5.74) is -0.318. The quantitative estimate of drug-likeness (QED) is 0.523. The Labute approximate surface area is 200 Å². The molecule has 0 bridgehead atoms. The SMILES string of the molecule is CC(C)(C)N(CCO)C(=O)C1CCC(NC(=O)CC2CCC(S(=O)(=O)CC3CC3)CC2)CC1. The Balaban J connectivity index is 1.38. The zero-order valence-electron chi connectivity index (χ0n) is 20.7. The van der Waals surface area contributed by atoms with Crippen LogP contribution in [0, 0.1) is 17.8 Å². The van der Waals surface area contributed by atoms with Gasteiger partial charge in [0.05, 0.1) is 17.6 Å². The highest BCUT2D eigenvalue weighted by atomic mass is 32.2. The predicted molar refractivity (Wildman–Crippen MR) is 129 cm³/mol. The van der Waals surface area contributed by atoms with E-state index in [0.717, 1.165) is 51.4 Å². The van der Waals surface area contributed by atoms with Gasteiger partial charge in [-0.05, 0) is 96.8 Å². The molecule has 3 saturated carbocycles. The van der Waals surface area contributed by atoms with Gasteiger partial charge in [0.25, 0.3) is 0 Å². The van der Waals surface area contributed by atoms with E-state index in [9.17, 15) is 23.1 Å². The van der Waals surface area contributed by atoms with Crippen molar-refractivity contribution in [1.29, 1.82) is 0 Å². The molecule has 2 N–H and O–H groups in total. The fraction of sp³-hybridized carbons (Fsp3) is 0.920. The van der Waals surface area contributed by atoms with Gasteiger partial charge in [0.2, 0.25) is 11.8 Å². The maximum Gasteiger partial charge on any atom is 0.226 e. The number of nitrogens with one attached hydrogen (secondary N) is 1. The molecule has 3 rings (SSSR count). The van der Waals surface area contributed by atoms with E-state index >= 15 is 0 Å². The fourth-order valence-corrected chi connectivity index (χ4v) is 7.83. The molecular formula is C25H44N2O5S. The number of amides is 2. The average Bonchev–Trinajstić information content (AvgIpc) is 3.55. The van der Waals surface area contributed by atoms with Crippen molar-refractivity contribution in [2.45, 2.75) is 108 Å². The van der Waals surface area contributed by atoms with Crippen LogP contribution in [0.5, 0.6) is 0 Å².